The minimum atomic E-state index is -3.42. The number of aromatic nitrogens is 2. The van der Waals surface area contributed by atoms with Crippen LogP contribution in [0.5, 0.6) is 0 Å². The molecule has 0 atom stereocenters. The fourth-order valence-corrected chi connectivity index (χ4v) is 3.80. The van der Waals surface area contributed by atoms with Crippen molar-refractivity contribution in [3.8, 4) is 0 Å². The average molecular weight is 292 g/mol. The summed E-state index contributed by atoms with van der Waals surface area (Å²) < 4.78 is 27.9. The van der Waals surface area contributed by atoms with Crippen molar-refractivity contribution < 1.29 is 8.42 Å². The van der Waals surface area contributed by atoms with Crippen LogP contribution in [-0.2, 0) is 16.6 Å². The first kappa shape index (κ1) is 13.8. The minimum absolute atomic E-state index is 0.147. The molecular formula is C11H18ClN3O2S. The summed E-state index contributed by atoms with van der Waals surface area (Å²) in [4.78, 5) is 3.98. The van der Waals surface area contributed by atoms with Gasteiger partial charge in [-0.2, -0.15) is 4.31 Å². The Morgan fingerprint density at radius 2 is 2.11 bits per heavy atom. The monoisotopic (exact) mass is 291 g/mol. The molecule has 0 saturated carbocycles. The van der Waals surface area contributed by atoms with Crippen LogP contribution in [0.1, 0.15) is 19.8 Å². The van der Waals surface area contributed by atoms with Crippen molar-refractivity contribution in [3.05, 3.63) is 12.5 Å². The van der Waals surface area contributed by atoms with E-state index in [1.54, 1.807) is 17.1 Å². The molecule has 2 rings (SSSR count). The molecule has 2 heterocycles. The Morgan fingerprint density at radius 1 is 1.44 bits per heavy atom. The number of hydrogen-bond acceptors (Lipinski definition) is 3. The van der Waals surface area contributed by atoms with Crippen LogP contribution in [-0.4, -0.2) is 41.2 Å². The van der Waals surface area contributed by atoms with Crippen molar-refractivity contribution in [1.82, 2.24) is 13.9 Å². The van der Waals surface area contributed by atoms with E-state index in [-0.39, 0.29) is 5.03 Å². The predicted octanol–water partition coefficient (Wildman–Crippen LogP) is 1.54. The molecule has 5 nitrogen and oxygen atoms in total. The van der Waals surface area contributed by atoms with Gasteiger partial charge in [0.15, 0.2) is 5.03 Å². The van der Waals surface area contributed by atoms with Gasteiger partial charge in [-0.3, -0.25) is 0 Å². The molecule has 1 saturated heterocycles. The van der Waals surface area contributed by atoms with Crippen LogP contribution in [0, 0.1) is 5.92 Å². The van der Waals surface area contributed by atoms with E-state index in [9.17, 15) is 8.42 Å². The summed E-state index contributed by atoms with van der Waals surface area (Å²) in [5.41, 5.74) is 0. The second-order valence-corrected chi connectivity index (χ2v) is 6.74. The van der Waals surface area contributed by atoms with Gasteiger partial charge in [0.05, 0.1) is 6.33 Å². The molecule has 102 valence electrons. The lowest BCUT2D eigenvalue weighted by molar-refractivity contribution is 0.289. The van der Waals surface area contributed by atoms with Gasteiger partial charge in [0.1, 0.15) is 0 Å². The van der Waals surface area contributed by atoms with Gasteiger partial charge in [0.2, 0.25) is 0 Å². The second kappa shape index (κ2) is 5.59. The van der Waals surface area contributed by atoms with E-state index in [2.05, 4.69) is 4.98 Å². The molecule has 0 bridgehead atoms. The molecule has 18 heavy (non-hydrogen) atoms. The number of imidazole rings is 1. The maximum atomic E-state index is 12.3. The van der Waals surface area contributed by atoms with Gasteiger partial charge < -0.3 is 4.57 Å². The summed E-state index contributed by atoms with van der Waals surface area (Å²) in [6.07, 6.45) is 4.80. The SMILES string of the molecule is CCn1cnc(S(=O)(=O)N2CCC(CCl)CC2)c1. The average Bonchev–Trinajstić information content (AvgIpc) is 2.88. The zero-order chi connectivity index (χ0) is 13.2. The number of alkyl halides is 1. The zero-order valence-electron chi connectivity index (χ0n) is 10.4. The van der Waals surface area contributed by atoms with E-state index >= 15 is 0 Å². The first-order valence-corrected chi connectivity index (χ1v) is 8.13. The first-order valence-electron chi connectivity index (χ1n) is 6.15. The Kier molecular flexibility index (Phi) is 4.29. The quantitative estimate of drug-likeness (QED) is 0.791. The minimum Gasteiger partial charge on any atom is -0.336 e. The molecule has 7 heteroatoms. The van der Waals surface area contributed by atoms with E-state index in [4.69, 9.17) is 11.6 Å². The molecular weight excluding hydrogens is 274 g/mol. The van der Waals surface area contributed by atoms with Gasteiger partial charge in [-0.1, -0.05) is 0 Å². The standard InChI is InChI=1S/C11H18ClN3O2S/c1-2-14-8-11(13-9-14)18(16,17)15-5-3-10(7-12)4-6-15/h8-10H,2-7H2,1H3. The maximum absolute atomic E-state index is 12.3. The number of sulfonamides is 1. The van der Waals surface area contributed by atoms with Gasteiger partial charge >= 0.3 is 0 Å². The molecule has 0 aliphatic carbocycles. The van der Waals surface area contributed by atoms with Crippen molar-refractivity contribution in [1.29, 1.82) is 0 Å². The van der Waals surface area contributed by atoms with Gasteiger partial charge in [0, 0.05) is 31.7 Å². The summed E-state index contributed by atoms with van der Waals surface area (Å²) in [6, 6.07) is 0. The summed E-state index contributed by atoms with van der Waals surface area (Å²) in [7, 11) is -3.42. The van der Waals surface area contributed by atoms with Gasteiger partial charge in [-0.15, -0.1) is 11.6 Å². The molecule has 1 aliphatic heterocycles. The highest BCUT2D eigenvalue weighted by atomic mass is 35.5. The predicted molar refractivity (Wildman–Crippen MR) is 70.1 cm³/mol. The Bertz CT molecular complexity index is 492. The van der Waals surface area contributed by atoms with Crippen LogP contribution in [0.25, 0.3) is 0 Å². The largest absolute Gasteiger partial charge is 0.336 e. The summed E-state index contributed by atoms with van der Waals surface area (Å²) in [5, 5.41) is 0.147. The van der Waals surface area contributed by atoms with Crippen molar-refractivity contribution in [2.24, 2.45) is 5.92 Å². The van der Waals surface area contributed by atoms with Crippen molar-refractivity contribution in [2.45, 2.75) is 31.3 Å². The lowest BCUT2D eigenvalue weighted by Gasteiger charge is -2.29. The van der Waals surface area contributed by atoms with Crippen molar-refractivity contribution in [2.75, 3.05) is 19.0 Å². The fourth-order valence-electron chi connectivity index (χ4n) is 2.08. The number of piperidine rings is 1. The third-order valence-electron chi connectivity index (χ3n) is 3.37. The van der Waals surface area contributed by atoms with Gasteiger partial charge in [0.25, 0.3) is 10.0 Å². The third-order valence-corrected chi connectivity index (χ3v) is 5.59. The highest BCUT2D eigenvalue weighted by Gasteiger charge is 2.30. The third kappa shape index (κ3) is 2.70. The van der Waals surface area contributed by atoms with Gasteiger partial charge in [-0.25, -0.2) is 13.4 Å². The summed E-state index contributed by atoms with van der Waals surface area (Å²) in [5.74, 6) is 1.05. The van der Waals surface area contributed by atoms with Crippen LogP contribution in [0.2, 0.25) is 0 Å². The number of hydrogen-bond donors (Lipinski definition) is 0. The van der Waals surface area contributed by atoms with Crippen LogP contribution in [0.15, 0.2) is 17.6 Å². The highest BCUT2D eigenvalue weighted by Crippen LogP contribution is 2.23. The molecule has 0 spiro atoms. The number of rotatable bonds is 4. The normalized spacial score (nSPS) is 19.2. The van der Waals surface area contributed by atoms with E-state index < -0.39 is 10.0 Å². The Morgan fingerprint density at radius 3 is 2.61 bits per heavy atom. The van der Waals surface area contributed by atoms with E-state index in [0.717, 1.165) is 19.4 Å². The smallest absolute Gasteiger partial charge is 0.262 e. The van der Waals surface area contributed by atoms with E-state index in [1.165, 1.54) is 4.31 Å². The summed E-state index contributed by atoms with van der Waals surface area (Å²) in [6.45, 7) is 3.75. The van der Waals surface area contributed by atoms with Crippen LogP contribution in [0.4, 0.5) is 0 Å². The molecule has 0 radical (unpaired) electrons. The molecule has 1 aromatic heterocycles. The molecule has 1 aliphatic rings. The van der Waals surface area contributed by atoms with Crippen LogP contribution in [0.3, 0.4) is 0 Å². The van der Waals surface area contributed by atoms with Crippen LogP contribution >= 0.6 is 11.6 Å². The van der Waals surface area contributed by atoms with E-state index in [1.807, 2.05) is 6.92 Å². The lowest BCUT2D eigenvalue weighted by Crippen LogP contribution is -2.38. The Labute approximate surface area is 113 Å². The maximum Gasteiger partial charge on any atom is 0.262 e. The van der Waals surface area contributed by atoms with E-state index in [0.29, 0.717) is 24.9 Å². The van der Waals surface area contributed by atoms with Crippen LogP contribution < -0.4 is 0 Å². The Hall–Kier alpha value is -0.590. The topological polar surface area (TPSA) is 55.2 Å². The number of aryl methyl sites for hydroxylation is 1. The second-order valence-electron chi connectivity index (χ2n) is 4.54. The van der Waals surface area contributed by atoms with Crippen molar-refractivity contribution in [3.63, 3.8) is 0 Å². The molecule has 0 unspecified atom stereocenters. The number of nitrogens with zero attached hydrogens (tertiary/aromatic N) is 3. The number of halogens is 1. The molecule has 0 amide bonds. The first-order chi connectivity index (χ1) is 8.57. The fraction of sp³-hybridized carbons (Fsp3) is 0.727. The lowest BCUT2D eigenvalue weighted by atomic mass is 10.0. The summed E-state index contributed by atoms with van der Waals surface area (Å²) >= 11 is 5.80. The molecule has 0 N–H and O–H groups in total. The molecule has 1 aromatic rings. The molecule has 0 aromatic carbocycles. The highest BCUT2D eigenvalue weighted by molar-refractivity contribution is 7.89. The molecule has 1 fully saturated rings. The van der Waals surface area contributed by atoms with Crippen molar-refractivity contribution >= 4 is 21.6 Å². The zero-order valence-corrected chi connectivity index (χ0v) is 12.0. The Balaban J connectivity index is 2.12. The van der Waals surface area contributed by atoms with Gasteiger partial charge in [-0.05, 0) is 25.7 Å².